The van der Waals surface area contributed by atoms with Crippen LogP contribution in [0.5, 0.6) is 0 Å². The molecule has 3 aromatic rings. The van der Waals surface area contributed by atoms with E-state index in [1.54, 1.807) is 6.33 Å². The highest BCUT2D eigenvalue weighted by atomic mass is 32.3. The van der Waals surface area contributed by atoms with Crippen molar-refractivity contribution in [2.24, 2.45) is 0 Å². The quantitative estimate of drug-likeness (QED) is 0.595. The highest BCUT2D eigenvalue weighted by Gasteiger charge is 2.11. The second kappa shape index (κ2) is 7.90. The van der Waals surface area contributed by atoms with Crippen LogP contribution in [0.4, 0.5) is 0 Å². The minimum absolute atomic E-state index is 0.396. The minimum Gasteiger partial charge on any atom is -0.360 e. The lowest BCUT2D eigenvalue weighted by Gasteiger charge is -2.24. The molecule has 26 heavy (non-hydrogen) atoms. The van der Waals surface area contributed by atoms with Gasteiger partial charge in [0.05, 0.1) is 24.8 Å². The number of ether oxygens (including phenoxy) is 1. The van der Waals surface area contributed by atoms with Gasteiger partial charge in [-0.1, -0.05) is 18.2 Å². The molecule has 0 fully saturated rings. The van der Waals surface area contributed by atoms with Crippen LogP contribution in [0.25, 0.3) is 22.3 Å². The summed E-state index contributed by atoms with van der Waals surface area (Å²) in [5, 5.41) is 9.91. The zero-order chi connectivity index (χ0) is 18.6. The highest BCUT2D eigenvalue weighted by molar-refractivity contribution is 8.32. The average molecular weight is 369 g/mol. The SMILES string of the molecule is CS(C)(C)CCOCn1ccc2c(-c3cccc(CC#N)c3)ncnc21. The number of nitrogens with zero attached hydrogens (tertiary/aromatic N) is 4. The van der Waals surface area contributed by atoms with Crippen molar-refractivity contribution in [2.75, 3.05) is 31.1 Å². The van der Waals surface area contributed by atoms with Gasteiger partial charge >= 0.3 is 0 Å². The molecule has 1 aromatic carbocycles. The number of nitriles is 1. The molecule has 0 bridgehead atoms. The van der Waals surface area contributed by atoms with Gasteiger partial charge < -0.3 is 9.30 Å². The largest absolute Gasteiger partial charge is 0.360 e. The van der Waals surface area contributed by atoms with Gasteiger partial charge in [0.1, 0.15) is 18.7 Å². The Hall–Kier alpha value is -2.36. The number of rotatable bonds is 7. The van der Waals surface area contributed by atoms with E-state index in [1.807, 2.05) is 41.1 Å². The zero-order valence-electron chi connectivity index (χ0n) is 15.5. The molecule has 0 saturated heterocycles. The van der Waals surface area contributed by atoms with Gasteiger partial charge in [0.2, 0.25) is 0 Å². The second-order valence-electron chi connectivity index (χ2n) is 7.11. The Bertz CT molecular complexity index is 937. The smallest absolute Gasteiger partial charge is 0.145 e. The molecular weight excluding hydrogens is 344 g/mol. The Balaban J connectivity index is 1.83. The summed E-state index contributed by atoms with van der Waals surface area (Å²) in [6.07, 6.45) is 10.9. The van der Waals surface area contributed by atoms with E-state index in [9.17, 15) is 0 Å². The van der Waals surface area contributed by atoms with Crippen LogP contribution in [0.2, 0.25) is 0 Å². The molecule has 0 saturated carbocycles. The Labute approximate surface area is 156 Å². The Morgan fingerprint density at radius 1 is 1.19 bits per heavy atom. The molecule has 0 aliphatic carbocycles. The van der Waals surface area contributed by atoms with Crippen molar-refractivity contribution in [1.82, 2.24) is 14.5 Å². The number of hydrogen-bond acceptors (Lipinski definition) is 4. The van der Waals surface area contributed by atoms with Crippen molar-refractivity contribution < 1.29 is 4.74 Å². The maximum atomic E-state index is 8.92. The fourth-order valence-corrected chi connectivity index (χ4v) is 3.35. The summed E-state index contributed by atoms with van der Waals surface area (Å²) in [6.45, 7) is 1.25. The van der Waals surface area contributed by atoms with Gasteiger partial charge in [-0.25, -0.2) is 20.0 Å². The predicted octanol–water partition coefficient (Wildman–Crippen LogP) is 3.83. The molecule has 136 valence electrons. The van der Waals surface area contributed by atoms with Crippen LogP contribution in [0.1, 0.15) is 5.56 Å². The minimum atomic E-state index is -0.542. The summed E-state index contributed by atoms with van der Waals surface area (Å²) in [5.41, 5.74) is 3.74. The maximum absolute atomic E-state index is 8.92. The Morgan fingerprint density at radius 2 is 2.04 bits per heavy atom. The van der Waals surface area contributed by atoms with Crippen molar-refractivity contribution in [1.29, 1.82) is 5.26 Å². The van der Waals surface area contributed by atoms with Gasteiger partial charge in [-0.15, -0.1) is 0 Å². The molecule has 2 heterocycles. The van der Waals surface area contributed by atoms with Crippen molar-refractivity contribution in [2.45, 2.75) is 13.2 Å². The normalized spacial score (nSPS) is 12.2. The topological polar surface area (TPSA) is 63.7 Å². The number of benzene rings is 1. The molecule has 2 aromatic heterocycles. The van der Waals surface area contributed by atoms with E-state index in [0.29, 0.717) is 13.2 Å². The molecule has 0 aliphatic heterocycles. The first-order chi connectivity index (χ1) is 12.5. The third-order valence-corrected chi connectivity index (χ3v) is 5.50. The van der Waals surface area contributed by atoms with Crippen molar-refractivity contribution in [3.63, 3.8) is 0 Å². The highest BCUT2D eigenvalue weighted by Crippen LogP contribution is 2.33. The summed E-state index contributed by atoms with van der Waals surface area (Å²) in [7, 11) is -0.542. The summed E-state index contributed by atoms with van der Waals surface area (Å²) in [5.74, 6) is 1.10. The average Bonchev–Trinajstić information content (AvgIpc) is 3.02. The van der Waals surface area contributed by atoms with E-state index in [1.165, 1.54) is 0 Å². The van der Waals surface area contributed by atoms with Crippen LogP contribution < -0.4 is 0 Å². The van der Waals surface area contributed by atoms with Gasteiger partial charge in [-0.05, 0) is 36.5 Å². The molecule has 0 radical (unpaired) electrons. The van der Waals surface area contributed by atoms with Crippen LogP contribution in [0.3, 0.4) is 0 Å². The molecule has 0 spiro atoms. The van der Waals surface area contributed by atoms with Crippen LogP contribution >= 0.6 is 10.0 Å². The molecule has 0 atom stereocenters. The van der Waals surface area contributed by atoms with Crippen LogP contribution in [0, 0.1) is 11.3 Å². The lowest BCUT2D eigenvalue weighted by molar-refractivity contribution is 0.0923. The molecule has 0 unspecified atom stereocenters. The Morgan fingerprint density at radius 3 is 2.81 bits per heavy atom. The van der Waals surface area contributed by atoms with Crippen molar-refractivity contribution in [3.8, 4) is 17.3 Å². The zero-order valence-corrected chi connectivity index (χ0v) is 16.3. The fraction of sp³-hybridized carbons (Fsp3) is 0.350. The van der Waals surface area contributed by atoms with E-state index < -0.39 is 10.0 Å². The summed E-state index contributed by atoms with van der Waals surface area (Å²) >= 11 is 0. The van der Waals surface area contributed by atoms with Gasteiger partial charge in [0.25, 0.3) is 0 Å². The molecular formula is C20H24N4OS. The fourth-order valence-electron chi connectivity index (χ4n) is 2.73. The third-order valence-electron chi connectivity index (χ3n) is 4.11. The van der Waals surface area contributed by atoms with Crippen LogP contribution in [-0.4, -0.2) is 45.7 Å². The summed E-state index contributed by atoms with van der Waals surface area (Å²) < 4.78 is 7.86. The monoisotopic (exact) mass is 368 g/mol. The number of hydrogen-bond donors (Lipinski definition) is 0. The standard InChI is InChI=1S/C20H24N4OS/c1-26(2,3)12-11-25-15-24-10-8-18-19(22-14-23-20(18)24)17-6-4-5-16(13-17)7-9-21/h4-6,8,10,13-14H,7,11-12,15H2,1-3H3. The van der Waals surface area contributed by atoms with Gasteiger partial charge in [-0.2, -0.15) is 5.26 Å². The van der Waals surface area contributed by atoms with Crippen LogP contribution in [0.15, 0.2) is 42.9 Å². The van der Waals surface area contributed by atoms with Crippen LogP contribution in [-0.2, 0) is 17.9 Å². The van der Waals surface area contributed by atoms with Gasteiger partial charge in [-0.3, -0.25) is 0 Å². The summed E-state index contributed by atoms with van der Waals surface area (Å²) in [6, 6.07) is 12.2. The first-order valence-electron chi connectivity index (χ1n) is 8.48. The van der Waals surface area contributed by atoms with E-state index in [0.717, 1.165) is 40.2 Å². The lowest BCUT2D eigenvalue weighted by Crippen LogP contribution is -2.09. The van der Waals surface area contributed by atoms with Gasteiger partial charge in [0, 0.05) is 22.9 Å². The van der Waals surface area contributed by atoms with Crippen molar-refractivity contribution >= 4 is 21.1 Å². The predicted molar refractivity (Wildman–Crippen MR) is 108 cm³/mol. The number of fused-ring (bicyclic) bond motifs is 1. The lowest BCUT2D eigenvalue weighted by atomic mass is 10.0. The molecule has 0 N–H and O–H groups in total. The second-order valence-corrected chi connectivity index (χ2v) is 11.7. The van der Waals surface area contributed by atoms with E-state index in [4.69, 9.17) is 10.00 Å². The first kappa shape index (κ1) is 18.4. The molecule has 3 rings (SSSR count). The molecule has 0 amide bonds. The maximum Gasteiger partial charge on any atom is 0.145 e. The van der Waals surface area contributed by atoms with Crippen molar-refractivity contribution in [3.05, 3.63) is 48.4 Å². The van der Waals surface area contributed by atoms with E-state index in [2.05, 4.69) is 34.8 Å². The van der Waals surface area contributed by atoms with E-state index >= 15 is 0 Å². The molecule has 5 nitrogen and oxygen atoms in total. The summed E-state index contributed by atoms with van der Waals surface area (Å²) in [4.78, 5) is 8.91. The molecule has 6 heteroatoms. The van der Waals surface area contributed by atoms with Gasteiger partial charge in [0.15, 0.2) is 0 Å². The molecule has 0 aliphatic rings. The number of aromatic nitrogens is 3. The third kappa shape index (κ3) is 4.43. The van der Waals surface area contributed by atoms with E-state index in [-0.39, 0.29) is 0 Å². The Kier molecular flexibility index (Phi) is 5.60. The first-order valence-corrected chi connectivity index (χ1v) is 11.5.